The van der Waals surface area contributed by atoms with Gasteiger partial charge in [-0.25, -0.2) is 0 Å². The summed E-state index contributed by atoms with van der Waals surface area (Å²) in [4.78, 5) is 0. The fraction of sp³-hybridized carbons (Fsp3) is 1.00. The van der Waals surface area contributed by atoms with Gasteiger partial charge in [0.15, 0.2) is 0 Å². The van der Waals surface area contributed by atoms with Crippen LogP contribution in [0.15, 0.2) is 0 Å². The monoisotopic (exact) mass is 222 g/mol. The van der Waals surface area contributed by atoms with Crippen molar-refractivity contribution >= 4 is 37.0 Å². The molecule has 72 valence electrons. The zero-order chi connectivity index (χ0) is 9.14. The van der Waals surface area contributed by atoms with E-state index in [-0.39, 0.29) is 0 Å². The predicted molar refractivity (Wildman–Crippen MR) is 65.9 cm³/mol. The lowest BCUT2D eigenvalue weighted by Crippen LogP contribution is -2.27. The first-order valence-electron chi connectivity index (χ1n) is 4.59. The Balaban J connectivity index is 2.30. The third kappa shape index (κ3) is 3.08. The van der Waals surface area contributed by atoms with Crippen LogP contribution in [0.1, 0.15) is 26.7 Å². The van der Waals surface area contributed by atoms with E-state index < -0.39 is 0 Å². The molecular formula is C9H18S3. The fourth-order valence-electron chi connectivity index (χ4n) is 1.55. The maximum atomic E-state index is 4.49. The fourth-order valence-corrected chi connectivity index (χ4v) is 3.89. The lowest BCUT2D eigenvalue weighted by molar-refractivity contribution is 0.490. The number of thioether (sulfide) groups is 1. The van der Waals surface area contributed by atoms with Crippen LogP contribution in [0.3, 0.4) is 0 Å². The first kappa shape index (κ1) is 11.1. The van der Waals surface area contributed by atoms with Crippen LogP contribution in [0.25, 0.3) is 0 Å². The Kier molecular flexibility index (Phi) is 4.69. The van der Waals surface area contributed by atoms with E-state index in [9.17, 15) is 0 Å². The highest BCUT2D eigenvalue weighted by Gasteiger charge is 2.25. The van der Waals surface area contributed by atoms with E-state index in [4.69, 9.17) is 0 Å². The van der Waals surface area contributed by atoms with E-state index in [2.05, 4.69) is 50.9 Å². The van der Waals surface area contributed by atoms with Crippen LogP contribution in [0.2, 0.25) is 0 Å². The van der Waals surface area contributed by atoms with Crippen molar-refractivity contribution in [3.05, 3.63) is 0 Å². The molecule has 4 unspecified atom stereocenters. The molecule has 0 aliphatic carbocycles. The first-order chi connectivity index (χ1) is 5.61. The van der Waals surface area contributed by atoms with Crippen LogP contribution in [0.5, 0.6) is 0 Å². The molecule has 0 bridgehead atoms. The average Bonchev–Trinajstić information content (AvgIpc) is 2.04. The maximum Gasteiger partial charge on any atom is 0.0161 e. The molecule has 0 spiro atoms. The third-order valence-corrected chi connectivity index (χ3v) is 5.24. The van der Waals surface area contributed by atoms with Gasteiger partial charge in [-0.3, -0.25) is 0 Å². The molecule has 1 aliphatic rings. The van der Waals surface area contributed by atoms with Gasteiger partial charge in [0, 0.05) is 15.7 Å². The Morgan fingerprint density at radius 1 is 1.17 bits per heavy atom. The summed E-state index contributed by atoms with van der Waals surface area (Å²) in [6.45, 7) is 4.41. The molecule has 1 rings (SSSR count). The SMILES string of the molecule is CC(S)C1CCC(C(C)S)SC1. The molecule has 12 heavy (non-hydrogen) atoms. The minimum Gasteiger partial charge on any atom is -0.176 e. The predicted octanol–water partition coefficient (Wildman–Crippen LogP) is 3.13. The maximum absolute atomic E-state index is 4.49. The number of hydrogen-bond acceptors (Lipinski definition) is 3. The summed E-state index contributed by atoms with van der Waals surface area (Å²) >= 11 is 11.1. The topological polar surface area (TPSA) is 0 Å². The normalized spacial score (nSPS) is 36.0. The molecule has 3 heteroatoms. The van der Waals surface area contributed by atoms with Crippen LogP contribution < -0.4 is 0 Å². The second-order valence-electron chi connectivity index (χ2n) is 3.69. The number of thiol groups is 2. The van der Waals surface area contributed by atoms with Crippen LogP contribution in [0, 0.1) is 5.92 Å². The Bertz CT molecular complexity index is 110. The van der Waals surface area contributed by atoms with Crippen LogP contribution in [-0.2, 0) is 0 Å². The van der Waals surface area contributed by atoms with Crippen LogP contribution in [0.4, 0.5) is 0 Å². The van der Waals surface area contributed by atoms with E-state index in [0.717, 1.165) is 11.2 Å². The van der Waals surface area contributed by atoms with Gasteiger partial charge in [-0.05, 0) is 24.5 Å². The minimum atomic E-state index is 0.547. The molecule has 0 aromatic heterocycles. The highest BCUT2D eigenvalue weighted by atomic mass is 32.2. The van der Waals surface area contributed by atoms with Gasteiger partial charge in [-0.1, -0.05) is 13.8 Å². The smallest absolute Gasteiger partial charge is 0.0161 e. The van der Waals surface area contributed by atoms with E-state index >= 15 is 0 Å². The number of rotatable bonds is 2. The second-order valence-corrected chi connectivity index (χ2v) is 6.59. The van der Waals surface area contributed by atoms with Gasteiger partial charge in [-0.15, -0.1) is 0 Å². The van der Waals surface area contributed by atoms with Crippen molar-refractivity contribution in [1.29, 1.82) is 0 Å². The van der Waals surface area contributed by atoms with Crippen molar-refractivity contribution in [3.63, 3.8) is 0 Å². The molecule has 0 aromatic rings. The quantitative estimate of drug-likeness (QED) is 0.677. The zero-order valence-corrected chi connectivity index (χ0v) is 10.3. The van der Waals surface area contributed by atoms with Gasteiger partial charge < -0.3 is 0 Å². The lowest BCUT2D eigenvalue weighted by Gasteiger charge is -2.31. The molecule has 0 nitrogen and oxygen atoms in total. The summed E-state index contributed by atoms with van der Waals surface area (Å²) < 4.78 is 0. The summed E-state index contributed by atoms with van der Waals surface area (Å²) in [6.07, 6.45) is 2.66. The van der Waals surface area contributed by atoms with E-state index in [1.165, 1.54) is 18.6 Å². The first-order valence-corrected chi connectivity index (χ1v) is 6.67. The molecular weight excluding hydrogens is 204 g/mol. The highest BCUT2D eigenvalue weighted by Crippen LogP contribution is 2.35. The Hall–Kier alpha value is 1.05. The van der Waals surface area contributed by atoms with Gasteiger partial charge in [0.2, 0.25) is 0 Å². The highest BCUT2D eigenvalue weighted by molar-refractivity contribution is 8.00. The zero-order valence-electron chi connectivity index (χ0n) is 7.73. The average molecular weight is 222 g/mol. The molecule has 1 fully saturated rings. The summed E-state index contributed by atoms with van der Waals surface area (Å²) in [5.41, 5.74) is 0. The molecule has 0 amide bonds. The molecule has 0 N–H and O–H groups in total. The number of hydrogen-bond donors (Lipinski definition) is 2. The second kappa shape index (κ2) is 5.06. The molecule has 4 atom stereocenters. The standard InChI is InChI=1S/C9H18S3/c1-6(10)8-3-4-9(7(2)11)12-5-8/h6-11H,3-5H2,1-2H3. The summed E-state index contributed by atoms with van der Waals surface area (Å²) in [5, 5.41) is 1.89. The summed E-state index contributed by atoms with van der Waals surface area (Å²) in [5.74, 6) is 2.10. The van der Waals surface area contributed by atoms with Crippen molar-refractivity contribution in [2.45, 2.75) is 42.4 Å². The van der Waals surface area contributed by atoms with Gasteiger partial charge >= 0.3 is 0 Å². The van der Waals surface area contributed by atoms with Gasteiger partial charge in [0.05, 0.1) is 0 Å². The van der Waals surface area contributed by atoms with Gasteiger partial charge in [0.25, 0.3) is 0 Å². The minimum absolute atomic E-state index is 0.547. The van der Waals surface area contributed by atoms with Crippen molar-refractivity contribution in [1.82, 2.24) is 0 Å². The largest absolute Gasteiger partial charge is 0.176 e. The molecule has 0 saturated carbocycles. The Labute approximate surface area is 91.1 Å². The van der Waals surface area contributed by atoms with Crippen molar-refractivity contribution < 1.29 is 0 Å². The third-order valence-electron chi connectivity index (χ3n) is 2.57. The lowest BCUT2D eigenvalue weighted by atomic mass is 9.99. The molecule has 0 radical (unpaired) electrons. The molecule has 1 saturated heterocycles. The Morgan fingerprint density at radius 3 is 2.17 bits per heavy atom. The van der Waals surface area contributed by atoms with Crippen molar-refractivity contribution in [2.24, 2.45) is 5.92 Å². The molecule has 1 heterocycles. The van der Waals surface area contributed by atoms with Crippen LogP contribution in [-0.4, -0.2) is 21.5 Å². The van der Waals surface area contributed by atoms with Gasteiger partial charge in [0.1, 0.15) is 0 Å². The van der Waals surface area contributed by atoms with Crippen molar-refractivity contribution in [2.75, 3.05) is 5.75 Å². The molecule has 1 aliphatic heterocycles. The molecule has 0 aromatic carbocycles. The summed E-state index contributed by atoms with van der Waals surface area (Å²) in [6, 6.07) is 0. The van der Waals surface area contributed by atoms with Crippen molar-refractivity contribution in [3.8, 4) is 0 Å². The van der Waals surface area contributed by atoms with E-state index in [1.807, 2.05) is 0 Å². The summed E-state index contributed by atoms with van der Waals surface area (Å²) in [7, 11) is 0. The van der Waals surface area contributed by atoms with Crippen LogP contribution >= 0.6 is 37.0 Å². The van der Waals surface area contributed by atoms with Gasteiger partial charge in [-0.2, -0.15) is 37.0 Å². The van der Waals surface area contributed by atoms with E-state index in [0.29, 0.717) is 10.5 Å². The Morgan fingerprint density at radius 2 is 1.83 bits per heavy atom. The van der Waals surface area contributed by atoms with E-state index in [1.54, 1.807) is 0 Å².